The summed E-state index contributed by atoms with van der Waals surface area (Å²) in [7, 11) is -2.87. The summed E-state index contributed by atoms with van der Waals surface area (Å²) in [4.78, 5) is 23.1. The third kappa shape index (κ3) is 2.08. The lowest BCUT2D eigenvalue weighted by atomic mass is 10.0. The zero-order valence-electron chi connectivity index (χ0n) is 10.0. The van der Waals surface area contributed by atoms with Crippen molar-refractivity contribution < 1.29 is 18.0 Å². The van der Waals surface area contributed by atoms with Crippen molar-refractivity contribution in [3.05, 3.63) is 42.0 Å². The molecule has 20 heavy (non-hydrogen) atoms. The van der Waals surface area contributed by atoms with E-state index in [0.717, 1.165) is 17.1 Å². The van der Waals surface area contributed by atoms with E-state index in [4.69, 9.17) is 0 Å². The zero-order valence-corrected chi connectivity index (χ0v) is 11.7. The van der Waals surface area contributed by atoms with E-state index in [1.165, 1.54) is 0 Å². The van der Waals surface area contributed by atoms with Crippen molar-refractivity contribution in [2.45, 2.75) is 10.1 Å². The van der Waals surface area contributed by atoms with Crippen molar-refractivity contribution in [1.29, 1.82) is 0 Å². The van der Waals surface area contributed by atoms with Crippen LogP contribution in [-0.2, 0) is 15.5 Å². The normalized spacial score (nSPS) is 18.8. The average Bonchev–Trinajstić information content (AvgIpc) is 2.76. The lowest BCUT2D eigenvalue weighted by Gasteiger charge is -2.11. The van der Waals surface area contributed by atoms with Crippen molar-refractivity contribution in [2.75, 3.05) is 0 Å². The van der Waals surface area contributed by atoms with Gasteiger partial charge in [-0.2, -0.15) is 0 Å². The second kappa shape index (κ2) is 4.92. The smallest absolute Gasteiger partial charge is 0.286 e. The molecular formula is C13H9NO4S2. The molecule has 1 unspecified atom stereocenters. The van der Waals surface area contributed by atoms with Gasteiger partial charge in [0, 0.05) is 5.39 Å². The number of nitrogens with one attached hydrogen (secondary N) is 1. The van der Waals surface area contributed by atoms with Crippen molar-refractivity contribution in [2.24, 2.45) is 0 Å². The van der Waals surface area contributed by atoms with E-state index in [0.29, 0.717) is 10.9 Å². The van der Waals surface area contributed by atoms with Gasteiger partial charge in [0.25, 0.3) is 5.24 Å². The molecule has 0 aromatic heterocycles. The third-order valence-electron chi connectivity index (χ3n) is 3.09. The van der Waals surface area contributed by atoms with Crippen LogP contribution in [0.15, 0.2) is 41.3 Å². The van der Waals surface area contributed by atoms with E-state index in [1.807, 2.05) is 6.07 Å². The highest BCUT2D eigenvalue weighted by molar-refractivity contribution is 8.15. The molecule has 1 fully saturated rings. The van der Waals surface area contributed by atoms with Crippen LogP contribution in [0.25, 0.3) is 10.8 Å². The molecule has 0 radical (unpaired) electrons. The fourth-order valence-corrected chi connectivity index (χ4v) is 4.01. The van der Waals surface area contributed by atoms with Gasteiger partial charge in [0.1, 0.15) is 5.25 Å². The molecule has 0 saturated carbocycles. The van der Waals surface area contributed by atoms with Crippen LogP contribution in [-0.4, -0.2) is 19.6 Å². The summed E-state index contributed by atoms with van der Waals surface area (Å²) in [6, 6.07) is 10.4. The molecule has 1 heterocycles. The second-order valence-corrected chi connectivity index (χ2v) is 6.30. The number of thiol groups is 1. The van der Waals surface area contributed by atoms with Crippen molar-refractivity contribution >= 4 is 44.4 Å². The number of rotatable bonds is 2. The highest BCUT2D eigenvalue weighted by Crippen LogP contribution is 2.38. The number of hydrogen-bond acceptors (Lipinski definition) is 5. The van der Waals surface area contributed by atoms with Crippen LogP contribution in [0.1, 0.15) is 10.8 Å². The van der Waals surface area contributed by atoms with Gasteiger partial charge >= 0.3 is 0 Å². The number of carbonyl (C=O) groups is 2. The standard InChI is InChI=1S/C13H9NO4S2/c15-12-10(19-13(16)14-12)9-6-5-7-3-1-2-4-8(7)11(9)20(17)18/h1-6,10,20H,(H,14,15,16). The minimum absolute atomic E-state index is 0.112. The first kappa shape index (κ1) is 13.1. The lowest BCUT2D eigenvalue weighted by Crippen LogP contribution is -2.21. The number of thioether (sulfide) groups is 1. The molecule has 2 aromatic rings. The molecule has 1 saturated heterocycles. The maximum Gasteiger partial charge on any atom is 0.286 e. The molecule has 2 amide bonds. The molecule has 1 aliphatic rings. The van der Waals surface area contributed by atoms with Crippen LogP contribution in [0.4, 0.5) is 4.79 Å². The van der Waals surface area contributed by atoms with E-state index in [9.17, 15) is 18.0 Å². The molecule has 7 heteroatoms. The SMILES string of the molecule is O=C1NC(=O)C(c2ccc3ccccc3c2[SH](=O)=O)S1. The number of benzene rings is 2. The van der Waals surface area contributed by atoms with Gasteiger partial charge < -0.3 is 0 Å². The van der Waals surface area contributed by atoms with Gasteiger partial charge in [-0.1, -0.05) is 36.4 Å². The minimum Gasteiger partial charge on any atom is -0.286 e. The number of imide groups is 1. The van der Waals surface area contributed by atoms with E-state index >= 15 is 0 Å². The highest BCUT2D eigenvalue weighted by atomic mass is 32.2. The molecule has 1 atom stereocenters. The fraction of sp³-hybridized carbons (Fsp3) is 0.0769. The molecule has 0 spiro atoms. The average molecular weight is 307 g/mol. The maximum absolute atomic E-state index is 11.7. The summed E-state index contributed by atoms with van der Waals surface area (Å²) in [5.74, 6) is -0.478. The van der Waals surface area contributed by atoms with Crippen molar-refractivity contribution in [1.82, 2.24) is 5.32 Å². The van der Waals surface area contributed by atoms with Gasteiger partial charge in [-0.15, -0.1) is 0 Å². The number of amides is 2. The first-order valence-electron chi connectivity index (χ1n) is 5.75. The number of hydrogen-bond donors (Lipinski definition) is 2. The van der Waals surface area contributed by atoms with E-state index < -0.39 is 27.1 Å². The number of carbonyl (C=O) groups excluding carboxylic acids is 2. The summed E-state index contributed by atoms with van der Waals surface area (Å²) in [6.45, 7) is 0. The van der Waals surface area contributed by atoms with Gasteiger partial charge in [0.15, 0.2) is 10.7 Å². The van der Waals surface area contributed by atoms with Gasteiger partial charge in [0.2, 0.25) is 5.91 Å². The van der Waals surface area contributed by atoms with Crippen LogP contribution >= 0.6 is 11.8 Å². The summed E-state index contributed by atoms with van der Waals surface area (Å²) < 4.78 is 23.2. The van der Waals surface area contributed by atoms with E-state index in [-0.39, 0.29) is 4.90 Å². The molecule has 2 aromatic carbocycles. The van der Waals surface area contributed by atoms with Gasteiger partial charge in [-0.05, 0) is 22.7 Å². The summed E-state index contributed by atoms with van der Waals surface area (Å²) in [5, 5.41) is 2.24. The Hall–Kier alpha value is -1.86. The Bertz CT molecular complexity index is 805. The fourth-order valence-electron chi connectivity index (χ4n) is 2.25. The Morgan fingerprint density at radius 3 is 2.45 bits per heavy atom. The van der Waals surface area contributed by atoms with Crippen LogP contribution < -0.4 is 5.32 Å². The minimum atomic E-state index is -2.87. The highest BCUT2D eigenvalue weighted by Gasteiger charge is 2.35. The van der Waals surface area contributed by atoms with Gasteiger partial charge in [-0.3, -0.25) is 14.9 Å². The summed E-state index contributed by atoms with van der Waals surface area (Å²) in [6.07, 6.45) is 0. The molecular weight excluding hydrogens is 298 g/mol. The van der Waals surface area contributed by atoms with Crippen LogP contribution in [0.5, 0.6) is 0 Å². The molecule has 1 N–H and O–H groups in total. The summed E-state index contributed by atoms with van der Waals surface area (Å²) in [5.41, 5.74) is 0.355. The Morgan fingerprint density at radius 2 is 1.80 bits per heavy atom. The predicted octanol–water partition coefficient (Wildman–Crippen LogP) is 1.83. The molecule has 0 aliphatic carbocycles. The van der Waals surface area contributed by atoms with Crippen LogP contribution in [0.2, 0.25) is 0 Å². The quantitative estimate of drug-likeness (QED) is 0.827. The monoisotopic (exact) mass is 307 g/mol. The van der Waals surface area contributed by atoms with Crippen LogP contribution in [0.3, 0.4) is 0 Å². The summed E-state index contributed by atoms with van der Waals surface area (Å²) >= 11 is 0.800. The Balaban J connectivity index is 2.28. The second-order valence-electron chi connectivity index (χ2n) is 4.26. The maximum atomic E-state index is 11.7. The third-order valence-corrected chi connectivity index (χ3v) is 4.97. The molecule has 0 bridgehead atoms. The first-order chi connectivity index (χ1) is 9.58. The molecule has 3 rings (SSSR count). The molecule has 102 valence electrons. The Morgan fingerprint density at radius 1 is 1.05 bits per heavy atom. The Labute approximate surface area is 120 Å². The molecule has 5 nitrogen and oxygen atoms in total. The lowest BCUT2D eigenvalue weighted by molar-refractivity contribution is -0.119. The predicted molar refractivity (Wildman–Crippen MR) is 76.4 cm³/mol. The first-order valence-corrected chi connectivity index (χ1v) is 7.81. The number of fused-ring (bicyclic) bond motifs is 1. The topological polar surface area (TPSA) is 80.3 Å². The van der Waals surface area contributed by atoms with Gasteiger partial charge in [0.05, 0.1) is 4.90 Å². The van der Waals surface area contributed by atoms with Crippen molar-refractivity contribution in [3.8, 4) is 0 Å². The zero-order chi connectivity index (χ0) is 14.3. The largest absolute Gasteiger partial charge is 0.286 e. The van der Waals surface area contributed by atoms with Crippen molar-refractivity contribution in [3.63, 3.8) is 0 Å². The van der Waals surface area contributed by atoms with Crippen LogP contribution in [0, 0.1) is 0 Å². The van der Waals surface area contributed by atoms with E-state index in [2.05, 4.69) is 5.32 Å². The molecule has 1 aliphatic heterocycles. The van der Waals surface area contributed by atoms with E-state index in [1.54, 1.807) is 30.3 Å². The Kier molecular flexibility index (Phi) is 3.23. The van der Waals surface area contributed by atoms with Gasteiger partial charge in [-0.25, -0.2) is 8.42 Å².